The minimum absolute atomic E-state index is 0.0520. The highest BCUT2D eigenvalue weighted by Crippen LogP contribution is 2.19. The highest BCUT2D eigenvalue weighted by Gasteiger charge is 2.14. The summed E-state index contributed by atoms with van der Waals surface area (Å²) in [6, 6.07) is 3.30. The van der Waals surface area contributed by atoms with Gasteiger partial charge in [-0.1, -0.05) is 0 Å². The molecule has 1 atom stereocenters. The maximum absolute atomic E-state index is 12.9. The second-order valence-corrected chi connectivity index (χ2v) is 4.03. The maximum Gasteiger partial charge on any atom is 0.129 e. The molecule has 1 heterocycles. The van der Waals surface area contributed by atoms with Crippen LogP contribution in [0.3, 0.4) is 0 Å². The van der Waals surface area contributed by atoms with Crippen LogP contribution in [-0.4, -0.2) is 19.2 Å². The number of nitrogens with one attached hydrogen (secondary N) is 1. The molecule has 1 aromatic rings. The third-order valence-electron chi connectivity index (χ3n) is 2.66. The molecule has 0 bridgehead atoms. The Kier molecular flexibility index (Phi) is 3.72. The van der Waals surface area contributed by atoms with E-state index in [4.69, 9.17) is 4.74 Å². The van der Waals surface area contributed by atoms with Crippen molar-refractivity contribution in [3.05, 3.63) is 29.8 Å². The van der Waals surface area contributed by atoms with Crippen molar-refractivity contribution in [3.8, 4) is 5.75 Å². The second kappa shape index (κ2) is 5.25. The Labute approximate surface area is 93.6 Å². The van der Waals surface area contributed by atoms with Crippen molar-refractivity contribution in [1.29, 1.82) is 0 Å². The molecule has 0 spiro atoms. The lowest BCUT2D eigenvalue weighted by Gasteiger charge is -2.16. The molecule has 0 aromatic heterocycles. The molecule has 1 aliphatic heterocycles. The number of halogens is 2. The minimum atomic E-state index is -0.596. The zero-order chi connectivity index (χ0) is 11.4. The highest BCUT2D eigenvalue weighted by molar-refractivity contribution is 5.24. The van der Waals surface area contributed by atoms with Gasteiger partial charge in [-0.25, -0.2) is 8.78 Å². The lowest BCUT2D eigenvalue weighted by atomic mass is 10.1. The fourth-order valence-corrected chi connectivity index (χ4v) is 1.89. The van der Waals surface area contributed by atoms with Crippen molar-refractivity contribution in [1.82, 2.24) is 5.32 Å². The smallest absolute Gasteiger partial charge is 0.129 e. The third-order valence-corrected chi connectivity index (χ3v) is 2.66. The Morgan fingerprint density at radius 2 is 1.81 bits per heavy atom. The van der Waals surface area contributed by atoms with Gasteiger partial charge in [-0.15, -0.1) is 0 Å². The zero-order valence-electron chi connectivity index (χ0n) is 9.01. The first-order chi connectivity index (χ1) is 7.74. The second-order valence-electron chi connectivity index (χ2n) is 4.03. The summed E-state index contributed by atoms with van der Waals surface area (Å²) >= 11 is 0. The van der Waals surface area contributed by atoms with Crippen LogP contribution in [0.5, 0.6) is 5.75 Å². The molecule has 1 saturated heterocycles. The molecule has 1 aliphatic rings. The fraction of sp³-hybridized carbons (Fsp3) is 0.500. The molecule has 1 aromatic carbocycles. The monoisotopic (exact) mass is 227 g/mol. The number of ether oxygens (including phenoxy) is 1. The Bertz CT molecular complexity index is 329. The Morgan fingerprint density at radius 1 is 1.06 bits per heavy atom. The third kappa shape index (κ3) is 3.17. The number of hydrogen-bond acceptors (Lipinski definition) is 2. The first-order valence-corrected chi connectivity index (χ1v) is 5.57. The normalized spacial score (nSPS) is 21.5. The average molecular weight is 227 g/mol. The molecule has 1 fully saturated rings. The van der Waals surface area contributed by atoms with Gasteiger partial charge >= 0.3 is 0 Å². The van der Waals surface area contributed by atoms with E-state index in [0.29, 0.717) is 0 Å². The van der Waals surface area contributed by atoms with Gasteiger partial charge in [-0.2, -0.15) is 0 Å². The molecule has 88 valence electrons. The molecule has 0 amide bonds. The van der Waals surface area contributed by atoms with Gasteiger partial charge in [0.15, 0.2) is 0 Å². The van der Waals surface area contributed by atoms with Crippen LogP contribution in [0, 0.1) is 11.6 Å². The zero-order valence-corrected chi connectivity index (χ0v) is 9.01. The SMILES string of the molecule is Fc1cc(F)cc(OC2CCCNCC2)c1. The van der Waals surface area contributed by atoms with Crippen LogP contribution in [0.4, 0.5) is 8.78 Å². The van der Waals surface area contributed by atoms with Gasteiger partial charge in [-0.05, 0) is 32.4 Å². The van der Waals surface area contributed by atoms with E-state index in [1.807, 2.05) is 0 Å². The summed E-state index contributed by atoms with van der Waals surface area (Å²) in [7, 11) is 0. The molecular formula is C12H15F2NO. The van der Waals surface area contributed by atoms with Crippen LogP contribution in [0.25, 0.3) is 0 Å². The molecular weight excluding hydrogens is 212 g/mol. The summed E-state index contributed by atoms with van der Waals surface area (Å²) in [4.78, 5) is 0. The van der Waals surface area contributed by atoms with Crippen LogP contribution in [-0.2, 0) is 0 Å². The molecule has 0 radical (unpaired) electrons. The van der Waals surface area contributed by atoms with Crippen molar-refractivity contribution < 1.29 is 13.5 Å². The Balaban J connectivity index is 2.01. The summed E-state index contributed by atoms with van der Waals surface area (Å²) in [5.41, 5.74) is 0. The molecule has 2 rings (SSSR count). The van der Waals surface area contributed by atoms with E-state index in [2.05, 4.69) is 5.32 Å². The van der Waals surface area contributed by atoms with E-state index in [1.165, 1.54) is 12.1 Å². The minimum Gasteiger partial charge on any atom is -0.490 e. The first-order valence-electron chi connectivity index (χ1n) is 5.57. The molecule has 16 heavy (non-hydrogen) atoms. The van der Waals surface area contributed by atoms with E-state index >= 15 is 0 Å². The molecule has 0 saturated carbocycles. The summed E-state index contributed by atoms with van der Waals surface area (Å²) in [5.74, 6) is -0.909. The van der Waals surface area contributed by atoms with Crippen LogP contribution < -0.4 is 10.1 Å². The van der Waals surface area contributed by atoms with E-state index in [-0.39, 0.29) is 11.9 Å². The standard InChI is InChI=1S/C12H15F2NO/c13-9-6-10(14)8-12(7-9)16-11-2-1-4-15-5-3-11/h6-8,11,15H,1-5H2. The number of hydrogen-bond donors (Lipinski definition) is 1. The summed E-state index contributed by atoms with van der Waals surface area (Å²) < 4.78 is 31.4. The number of benzene rings is 1. The highest BCUT2D eigenvalue weighted by atomic mass is 19.1. The van der Waals surface area contributed by atoms with Crippen molar-refractivity contribution in [2.24, 2.45) is 0 Å². The maximum atomic E-state index is 12.9. The summed E-state index contributed by atoms with van der Waals surface area (Å²) in [6.45, 7) is 1.87. The predicted molar refractivity (Wildman–Crippen MR) is 57.5 cm³/mol. The van der Waals surface area contributed by atoms with Crippen LogP contribution in [0.1, 0.15) is 19.3 Å². The predicted octanol–water partition coefficient (Wildman–Crippen LogP) is 2.49. The lowest BCUT2D eigenvalue weighted by molar-refractivity contribution is 0.186. The van der Waals surface area contributed by atoms with Gasteiger partial charge < -0.3 is 10.1 Å². The largest absolute Gasteiger partial charge is 0.490 e. The first kappa shape index (κ1) is 11.3. The van der Waals surface area contributed by atoms with E-state index in [0.717, 1.165) is 38.4 Å². The molecule has 1 N–H and O–H groups in total. The molecule has 4 heteroatoms. The lowest BCUT2D eigenvalue weighted by Crippen LogP contribution is -2.19. The van der Waals surface area contributed by atoms with Crippen molar-refractivity contribution in [2.75, 3.05) is 13.1 Å². The van der Waals surface area contributed by atoms with Gasteiger partial charge in [0.2, 0.25) is 0 Å². The van der Waals surface area contributed by atoms with Crippen LogP contribution in [0.2, 0.25) is 0 Å². The van der Waals surface area contributed by atoms with Gasteiger partial charge in [0.25, 0.3) is 0 Å². The van der Waals surface area contributed by atoms with Gasteiger partial charge in [-0.3, -0.25) is 0 Å². The van der Waals surface area contributed by atoms with Gasteiger partial charge in [0, 0.05) is 18.2 Å². The van der Waals surface area contributed by atoms with Crippen molar-refractivity contribution in [2.45, 2.75) is 25.4 Å². The average Bonchev–Trinajstić information content (AvgIpc) is 2.44. The van der Waals surface area contributed by atoms with Gasteiger partial charge in [0.1, 0.15) is 17.4 Å². The van der Waals surface area contributed by atoms with Crippen LogP contribution in [0.15, 0.2) is 18.2 Å². The van der Waals surface area contributed by atoms with E-state index in [9.17, 15) is 8.78 Å². The fourth-order valence-electron chi connectivity index (χ4n) is 1.89. The van der Waals surface area contributed by atoms with Crippen LogP contribution >= 0.6 is 0 Å². The van der Waals surface area contributed by atoms with Crippen molar-refractivity contribution in [3.63, 3.8) is 0 Å². The van der Waals surface area contributed by atoms with E-state index < -0.39 is 11.6 Å². The quantitative estimate of drug-likeness (QED) is 0.838. The molecule has 0 aliphatic carbocycles. The van der Waals surface area contributed by atoms with E-state index in [1.54, 1.807) is 0 Å². The van der Waals surface area contributed by atoms with Gasteiger partial charge in [0.05, 0.1) is 6.10 Å². The topological polar surface area (TPSA) is 21.3 Å². The molecule has 1 unspecified atom stereocenters. The van der Waals surface area contributed by atoms with Crippen molar-refractivity contribution >= 4 is 0 Å². The molecule has 2 nitrogen and oxygen atoms in total. The summed E-state index contributed by atoms with van der Waals surface area (Å²) in [6.07, 6.45) is 2.88. The summed E-state index contributed by atoms with van der Waals surface area (Å²) in [5, 5.41) is 3.26. The Morgan fingerprint density at radius 3 is 2.56 bits per heavy atom. The Hall–Kier alpha value is -1.16. The number of rotatable bonds is 2.